The fraction of sp³-hybridized carbons (Fsp3) is 0.414. The van der Waals surface area contributed by atoms with Crippen LogP contribution in [-0.4, -0.2) is 46.1 Å². The number of aryl methyl sites for hydroxylation is 1. The molecule has 0 aliphatic rings. The van der Waals surface area contributed by atoms with E-state index in [0.29, 0.717) is 22.7 Å². The summed E-state index contributed by atoms with van der Waals surface area (Å²) >= 11 is 6.36. The number of hydrogen-bond donors (Lipinski definition) is 3. The van der Waals surface area contributed by atoms with E-state index in [4.69, 9.17) is 16.3 Å². The molecule has 0 aromatic heterocycles. The van der Waals surface area contributed by atoms with Gasteiger partial charge in [-0.05, 0) is 69.4 Å². The van der Waals surface area contributed by atoms with Gasteiger partial charge in [-0.25, -0.2) is 4.79 Å². The first-order valence-electron chi connectivity index (χ1n) is 12.5. The fourth-order valence-electron chi connectivity index (χ4n) is 3.95. The Labute approximate surface area is 230 Å². The lowest BCUT2D eigenvalue weighted by Crippen LogP contribution is -2.52. The fourth-order valence-corrected chi connectivity index (χ4v) is 4.22. The normalized spacial score (nSPS) is 12.8. The maximum absolute atomic E-state index is 14.0. The molecule has 3 N–H and O–H groups in total. The van der Waals surface area contributed by atoms with Crippen LogP contribution >= 0.6 is 11.6 Å². The van der Waals surface area contributed by atoms with Crippen molar-refractivity contribution in [1.29, 1.82) is 0 Å². The molecule has 206 valence electrons. The van der Waals surface area contributed by atoms with E-state index >= 15 is 0 Å². The lowest BCUT2D eigenvalue weighted by atomic mass is 9.99. The Morgan fingerprint density at radius 1 is 1.16 bits per heavy atom. The highest BCUT2D eigenvalue weighted by molar-refractivity contribution is 6.34. The first kappa shape index (κ1) is 30.7. The van der Waals surface area contributed by atoms with Crippen molar-refractivity contribution in [3.63, 3.8) is 0 Å². The predicted molar refractivity (Wildman–Crippen MR) is 150 cm³/mol. The molecule has 0 bridgehead atoms. The number of ether oxygens (including phenoxy) is 1. The number of alkyl carbamates (subject to hydrolysis) is 1. The molecular formula is C29H38ClN3O5. The number of aromatic hydroxyl groups is 1. The van der Waals surface area contributed by atoms with Crippen molar-refractivity contribution >= 4 is 35.2 Å². The average Bonchev–Trinajstić information content (AvgIpc) is 2.79. The molecule has 38 heavy (non-hydrogen) atoms. The van der Waals surface area contributed by atoms with Crippen LogP contribution in [0.2, 0.25) is 5.02 Å². The van der Waals surface area contributed by atoms with Gasteiger partial charge in [0.15, 0.2) is 0 Å². The van der Waals surface area contributed by atoms with E-state index in [-0.39, 0.29) is 18.2 Å². The molecule has 2 rings (SSSR count). The van der Waals surface area contributed by atoms with E-state index in [0.717, 1.165) is 5.56 Å². The van der Waals surface area contributed by atoms with Gasteiger partial charge in [-0.2, -0.15) is 0 Å². The van der Waals surface area contributed by atoms with Crippen molar-refractivity contribution in [2.75, 3.05) is 11.9 Å². The van der Waals surface area contributed by atoms with Gasteiger partial charge < -0.3 is 25.4 Å². The van der Waals surface area contributed by atoms with Gasteiger partial charge in [0, 0.05) is 6.54 Å². The molecule has 0 heterocycles. The van der Waals surface area contributed by atoms with Crippen LogP contribution in [0.5, 0.6) is 5.75 Å². The molecule has 0 saturated heterocycles. The van der Waals surface area contributed by atoms with Crippen molar-refractivity contribution in [3.05, 3.63) is 71.3 Å². The summed E-state index contributed by atoms with van der Waals surface area (Å²) in [5.41, 5.74) is 0.780. The van der Waals surface area contributed by atoms with Crippen LogP contribution in [0, 0.1) is 12.8 Å². The molecule has 0 radical (unpaired) electrons. The zero-order valence-corrected chi connectivity index (χ0v) is 23.6. The number of carbonyl (C=O) groups excluding carboxylic acids is 3. The molecule has 9 heteroatoms. The summed E-state index contributed by atoms with van der Waals surface area (Å²) in [6.07, 6.45) is 1.07. The molecule has 0 aliphatic heterocycles. The van der Waals surface area contributed by atoms with Crippen LogP contribution in [-0.2, 0) is 14.3 Å². The van der Waals surface area contributed by atoms with Crippen molar-refractivity contribution in [3.8, 4) is 5.75 Å². The first-order valence-corrected chi connectivity index (χ1v) is 12.9. The largest absolute Gasteiger partial charge is 0.508 e. The van der Waals surface area contributed by atoms with E-state index in [1.54, 1.807) is 58.0 Å². The SMILES string of the molecule is C=CCN(C(=O)C(CC(C)C)NC(=O)OC(C)(C)C)C(C(=O)Nc1c(C)cccc1Cl)c1cccc(O)c1. The third-order valence-corrected chi connectivity index (χ3v) is 5.84. The van der Waals surface area contributed by atoms with Gasteiger partial charge >= 0.3 is 6.09 Å². The molecule has 0 saturated carbocycles. The highest BCUT2D eigenvalue weighted by atomic mass is 35.5. The first-order chi connectivity index (χ1) is 17.7. The van der Waals surface area contributed by atoms with Crippen LogP contribution in [0.4, 0.5) is 10.5 Å². The number of halogens is 1. The number of rotatable bonds is 10. The minimum atomic E-state index is -1.17. The number of carbonyl (C=O) groups is 3. The summed E-state index contributed by atoms with van der Waals surface area (Å²) < 4.78 is 5.39. The molecule has 2 aromatic rings. The Bertz CT molecular complexity index is 1140. The molecule has 0 fully saturated rings. The van der Waals surface area contributed by atoms with Gasteiger partial charge in [-0.15, -0.1) is 6.58 Å². The standard InChI is InChI=1S/C29H38ClN3O5/c1-8-15-33(27(36)23(16-18(2)3)31-28(37)38-29(5,6)7)25(20-12-10-13-21(34)17-20)26(35)32-24-19(4)11-9-14-22(24)30/h8-14,17-18,23,25,34H,1,15-16H2,2-7H3,(H,31,37)(H,32,35). The average molecular weight is 544 g/mol. The number of phenols is 1. The number of benzene rings is 2. The van der Waals surface area contributed by atoms with Crippen molar-refractivity contribution in [2.45, 2.75) is 65.6 Å². The quantitative estimate of drug-likeness (QED) is 0.319. The maximum Gasteiger partial charge on any atom is 0.408 e. The van der Waals surface area contributed by atoms with E-state index in [1.807, 2.05) is 13.8 Å². The summed E-state index contributed by atoms with van der Waals surface area (Å²) in [7, 11) is 0. The Morgan fingerprint density at radius 2 is 1.82 bits per heavy atom. The smallest absolute Gasteiger partial charge is 0.408 e. The Hall–Kier alpha value is -3.52. The molecule has 2 aromatic carbocycles. The third-order valence-electron chi connectivity index (χ3n) is 5.52. The van der Waals surface area contributed by atoms with E-state index in [2.05, 4.69) is 17.2 Å². The van der Waals surface area contributed by atoms with E-state index < -0.39 is 35.6 Å². The number of hydrogen-bond acceptors (Lipinski definition) is 5. The topological polar surface area (TPSA) is 108 Å². The molecule has 0 aliphatic carbocycles. The second-order valence-corrected chi connectivity index (χ2v) is 10.9. The Kier molecular flexibility index (Phi) is 10.8. The highest BCUT2D eigenvalue weighted by Crippen LogP contribution is 2.30. The number of para-hydroxylation sites is 1. The minimum Gasteiger partial charge on any atom is -0.508 e. The highest BCUT2D eigenvalue weighted by Gasteiger charge is 2.36. The number of nitrogens with one attached hydrogen (secondary N) is 2. The molecular weight excluding hydrogens is 506 g/mol. The van der Waals surface area contributed by atoms with Gasteiger partial charge in [0.05, 0.1) is 10.7 Å². The minimum absolute atomic E-state index is 0.00132. The predicted octanol–water partition coefficient (Wildman–Crippen LogP) is 5.99. The van der Waals surface area contributed by atoms with Crippen LogP contribution < -0.4 is 10.6 Å². The third kappa shape index (κ3) is 8.80. The zero-order chi connectivity index (χ0) is 28.6. The van der Waals surface area contributed by atoms with Crippen LogP contribution in [0.1, 0.15) is 58.2 Å². The number of amides is 3. The Balaban J connectivity index is 2.55. The van der Waals surface area contributed by atoms with Gasteiger partial charge in [-0.1, -0.05) is 55.8 Å². The van der Waals surface area contributed by atoms with Crippen molar-refractivity contribution < 1.29 is 24.2 Å². The summed E-state index contributed by atoms with van der Waals surface area (Å²) in [4.78, 5) is 41.8. The second-order valence-electron chi connectivity index (χ2n) is 10.5. The summed E-state index contributed by atoms with van der Waals surface area (Å²) in [5.74, 6) is -1.06. The van der Waals surface area contributed by atoms with Crippen LogP contribution in [0.3, 0.4) is 0 Å². The maximum atomic E-state index is 14.0. The number of nitrogens with zero attached hydrogens (tertiary/aromatic N) is 1. The molecule has 3 amide bonds. The molecule has 2 atom stereocenters. The second kappa shape index (κ2) is 13.3. The van der Waals surface area contributed by atoms with Crippen LogP contribution in [0.15, 0.2) is 55.1 Å². The molecule has 2 unspecified atom stereocenters. The lowest BCUT2D eigenvalue weighted by molar-refractivity contribution is -0.140. The summed E-state index contributed by atoms with van der Waals surface area (Å²) in [6.45, 7) is 14.6. The number of anilines is 1. The van der Waals surface area contributed by atoms with Gasteiger partial charge in [0.1, 0.15) is 23.4 Å². The van der Waals surface area contributed by atoms with Crippen LogP contribution in [0.25, 0.3) is 0 Å². The van der Waals surface area contributed by atoms with E-state index in [1.165, 1.54) is 23.1 Å². The lowest BCUT2D eigenvalue weighted by Gasteiger charge is -2.34. The summed E-state index contributed by atoms with van der Waals surface area (Å²) in [5, 5.41) is 16.1. The van der Waals surface area contributed by atoms with E-state index in [9.17, 15) is 19.5 Å². The summed E-state index contributed by atoms with van der Waals surface area (Å²) in [6, 6.07) is 9.22. The van der Waals surface area contributed by atoms with Gasteiger partial charge in [-0.3, -0.25) is 9.59 Å². The molecule has 0 spiro atoms. The van der Waals surface area contributed by atoms with Gasteiger partial charge in [0.25, 0.3) is 5.91 Å². The van der Waals surface area contributed by atoms with Crippen molar-refractivity contribution in [2.24, 2.45) is 5.92 Å². The molecule has 8 nitrogen and oxygen atoms in total. The zero-order valence-electron chi connectivity index (χ0n) is 22.9. The van der Waals surface area contributed by atoms with Crippen molar-refractivity contribution in [1.82, 2.24) is 10.2 Å². The monoisotopic (exact) mass is 543 g/mol. The Morgan fingerprint density at radius 3 is 2.37 bits per heavy atom. The van der Waals surface area contributed by atoms with Gasteiger partial charge in [0.2, 0.25) is 5.91 Å². The number of phenolic OH excluding ortho intramolecular Hbond substituents is 1.